The van der Waals surface area contributed by atoms with Crippen molar-refractivity contribution in [1.82, 2.24) is 10.3 Å². The van der Waals surface area contributed by atoms with Crippen LogP contribution in [0, 0.1) is 6.92 Å². The number of nitrogens with zero attached hydrogens (tertiary/aromatic N) is 1. The maximum Gasteiger partial charge on any atom is 0.253 e. The number of nitrogens with one attached hydrogen (secondary N) is 1. The minimum Gasteiger partial charge on any atom is -0.391 e. The molecule has 1 aromatic rings. The summed E-state index contributed by atoms with van der Waals surface area (Å²) in [5.41, 5.74) is 1.44. The Morgan fingerprint density at radius 1 is 1.41 bits per heavy atom. The lowest BCUT2D eigenvalue weighted by Gasteiger charge is -2.28. The van der Waals surface area contributed by atoms with E-state index in [1.807, 2.05) is 13.0 Å². The van der Waals surface area contributed by atoms with E-state index < -0.39 is 6.10 Å². The van der Waals surface area contributed by atoms with Crippen LogP contribution >= 0.6 is 0 Å². The molecule has 2 rings (SSSR count). The van der Waals surface area contributed by atoms with E-state index in [0.29, 0.717) is 5.56 Å². The highest BCUT2D eigenvalue weighted by Gasteiger charge is 2.24. The molecule has 0 unspecified atom stereocenters. The molecule has 1 aliphatic carbocycles. The van der Waals surface area contributed by atoms with Gasteiger partial charge in [-0.1, -0.05) is 12.8 Å². The Labute approximate surface area is 101 Å². The summed E-state index contributed by atoms with van der Waals surface area (Å²) in [6, 6.07) is 3.46. The van der Waals surface area contributed by atoms with E-state index in [9.17, 15) is 9.90 Å². The van der Waals surface area contributed by atoms with E-state index in [4.69, 9.17) is 0 Å². The number of aryl methyl sites for hydroxylation is 1. The molecule has 17 heavy (non-hydrogen) atoms. The van der Waals surface area contributed by atoms with Crippen molar-refractivity contribution in [3.8, 4) is 0 Å². The predicted molar refractivity (Wildman–Crippen MR) is 64.7 cm³/mol. The second-order valence-corrected chi connectivity index (χ2v) is 4.62. The highest BCUT2D eigenvalue weighted by molar-refractivity contribution is 5.94. The van der Waals surface area contributed by atoms with Gasteiger partial charge in [-0.2, -0.15) is 0 Å². The van der Waals surface area contributed by atoms with Crippen molar-refractivity contribution in [3.63, 3.8) is 0 Å². The molecule has 0 spiro atoms. The van der Waals surface area contributed by atoms with Gasteiger partial charge >= 0.3 is 0 Å². The van der Waals surface area contributed by atoms with E-state index in [1.54, 1.807) is 12.3 Å². The number of amides is 1. The van der Waals surface area contributed by atoms with Crippen molar-refractivity contribution < 1.29 is 9.90 Å². The third-order valence-electron chi connectivity index (χ3n) is 3.22. The molecule has 0 saturated heterocycles. The van der Waals surface area contributed by atoms with E-state index >= 15 is 0 Å². The van der Waals surface area contributed by atoms with E-state index in [0.717, 1.165) is 31.4 Å². The Morgan fingerprint density at radius 2 is 2.18 bits per heavy atom. The zero-order valence-electron chi connectivity index (χ0n) is 10.0. The molecule has 1 saturated carbocycles. The minimum absolute atomic E-state index is 0.113. The lowest BCUT2D eigenvalue weighted by molar-refractivity contribution is 0.0717. The molecule has 4 nitrogen and oxygen atoms in total. The summed E-state index contributed by atoms with van der Waals surface area (Å²) >= 11 is 0. The van der Waals surface area contributed by atoms with Crippen LogP contribution in [0.3, 0.4) is 0 Å². The van der Waals surface area contributed by atoms with Crippen LogP contribution in [0.15, 0.2) is 18.3 Å². The topological polar surface area (TPSA) is 62.2 Å². The number of hydrogen-bond acceptors (Lipinski definition) is 3. The third kappa shape index (κ3) is 3.03. The van der Waals surface area contributed by atoms with Crippen LogP contribution in [-0.4, -0.2) is 28.1 Å². The first-order chi connectivity index (χ1) is 8.16. The first-order valence-corrected chi connectivity index (χ1v) is 6.08. The third-order valence-corrected chi connectivity index (χ3v) is 3.22. The molecule has 92 valence electrons. The van der Waals surface area contributed by atoms with Crippen LogP contribution in [0.5, 0.6) is 0 Å². The van der Waals surface area contributed by atoms with Crippen molar-refractivity contribution in [3.05, 3.63) is 29.6 Å². The predicted octanol–water partition coefficient (Wildman–Crippen LogP) is 1.42. The summed E-state index contributed by atoms with van der Waals surface area (Å²) in [5.74, 6) is -0.150. The van der Waals surface area contributed by atoms with Gasteiger partial charge in [-0.05, 0) is 31.9 Å². The summed E-state index contributed by atoms with van der Waals surface area (Å²) in [6.07, 6.45) is 4.89. The molecule has 1 amide bonds. The average Bonchev–Trinajstić information content (AvgIpc) is 2.33. The first-order valence-electron chi connectivity index (χ1n) is 6.08. The average molecular weight is 234 g/mol. The van der Waals surface area contributed by atoms with Crippen LogP contribution < -0.4 is 5.32 Å². The van der Waals surface area contributed by atoms with Gasteiger partial charge in [-0.25, -0.2) is 0 Å². The lowest BCUT2D eigenvalue weighted by atomic mass is 9.92. The molecule has 4 heteroatoms. The van der Waals surface area contributed by atoms with Gasteiger partial charge in [0.15, 0.2) is 0 Å². The highest BCUT2D eigenvalue weighted by atomic mass is 16.3. The van der Waals surface area contributed by atoms with Crippen LogP contribution in [-0.2, 0) is 0 Å². The largest absolute Gasteiger partial charge is 0.391 e. The molecule has 0 aromatic carbocycles. The Bertz CT molecular complexity index is 389. The maximum absolute atomic E-state index is 11.9. The molecule has 1 aromatic heterocycles. The molecular formula is C13H18N2O2. The molecule has 1 fully saturated rings. The number of aliphatic hydroxyl groups is 1. The fourth-order valence-corrected chi connectivity index (χ4v) is 2.13. The number of hydrogen-bond donors (Lipinski definition) is 2. The number of carbonyl (C=O) groups is 1. The molecule has 0 radical (unpaired) electrons. The van der Waals surface area contributed by atoms with Gasteiger partial charge in [0.05, 0.1) is 17.7 Å². The van der Waals surface area contributed by atoms with E-state index in [2.05, 4.69) is 10.3 Å². The first kappa shape index (κ1) is 12.0. The van der Waals surface area contributed by atoms with Gasteiger partial charge in [-0.3, -0.25) is 9.78 Å². The van der Waals surface area contributed by atoms with Gasteiger partial charge in [0.25, 0.3) is 5.91 Å². The molecule has 1 aliphatic rings. The summed E-state index contributed by atoms with van der Waals surface area (Å²) in [6.45, 7) is 1.88. The van der Waals surface area contributed by atoms with Crippen molar-refractivity contribution >= 4 is 5.91 Å². The van der Waals surface area contributed by atoms with Crippen LogP contribution in [0.4, 0.5) is 0 Å². The fourth-order valence-electron chi connectivity index (χ4n) is 2.13. The minimum atomic E-state index is -0.411. The molecule has 0 aliphatic heterocycles. The van der Waals surface area contributed by atoms with Gasteiger partial charge in [0.1, 0.15) is 0 Å². The maximum atomic E-state index is 11.9. The van der Waals surface area contributed by atoms with Gasteiger partial charge in [0.2, 0.25) is 0 Å². The summed E-state index contributed by atoms with van der Waals surface area (Å²) < 4.78 is 0. The van der Waals surface area contributed by atoms with Crippen molar-refractivity contribution in [2.45, 2.75) is 44.8 Å². The van der Waals surface area contributed by atoms with Gasteiger partial charge in [-0.15, -0.1) is 0 Å². The second kappa shape index (κ2) is 5.27. The normalized spacial score (nSPS) is 24.4. The SMILES string of the molecule is Cc1ccc(C(=O)N[C@@H]2CCCC[C@H]2O)cn1. The van der Waals surface area contributed by atoms with Crippen molar-refractivity contribution in [2.24, 2.45) is 0 Å². The summed E-state index contributed by atoms with van der Waals surface area (Å²) in [5, 5.41) is 12.7. The lowest BCUT2D eigenvalue weighted by Crippen LogP contribution is -2.45. The van der Waals surface area contributed by atoms with Crippen molar-refractivity contribution in [1.29, 1.82) is 0 Å². The highest BCUT2D eigenvalue weighted by Crippen LogP contribution is 2.18. The standard InChI is InChI=1S/C13H18N2O2/c1-9-6-7-10(8-14-9)13(17)15-11-4-2-3-5-12(11)16/h6-8,11-12,16H,2-5H2,1H3,(H,15,17)/t11-,12-/m1/s1. The molecule has 0 bridgehead atoms. The van der Waals surface area contributed by atoms with E-state index in [1.165, 1.54) is 0 Å². The van der Waals surface area contributed by atoms with Gasteiger partial charge in [0, 0.05) is 11.9 Å². The smallest absolute Gasteiger partial charge is 0.253 e. The number of aromatic nitrogens is 1. The summed E-state index contributed by atoms with van der Waals surface area (Å²) in [7, 11) is 0. The molecule has 1 heterocycles. The summed E-state index contributed by atoms with van der Waals surface area (Å²) in [4.78, 5) is 16.0. The Hall–Kier alpha value is -1.42. The molecule has 2 N–H and O–H groups in total. The Kier molecular flexibility index (Phi) is 3.74. The second-order valence-electron chi connectivity index (χ2n) is 4.62. The fraction of sp³-hybridized carbons (Fsp3) is 0.538. The monoisotopic (exact) mass is 234 g/mol. The number of rotatable bonds is 2. The van der Waals surface area contributed by atoms with Crippen molar-refractivity contribution in [2.75, 3.05) is 0 Å². The van der Waals surface area contributed by atoms with E-state index in [-0.39, 0.29) is 11.9 Å². The zero-order valence-corrected chi connectivity index (χ0v) is 10.0. The zero-order chi connectivity index (χ0) is 12.3. The van der Waals surface area contributed by atoms with Crippen LogP contribution in [0.25, 0.3) is 0 Å². The Balaban J connectivity index is 1.98. The van der Waals surface area contributed by atoms with Gasteiger partial charge < -0.3 is 10.4 Å². The quantitative estimate of drug-likeness (QED) is 0.813. The van der Waals surface area contributed by atoms with Crippen LogP contribution in [0.1, 0.15) is 41.7 Å². The van der Waals surface area contributed by atoms with Crippen LogP contribution in [0.2, 0.25) is 0 Å². The molecular weight excluding hydrogens is 216 g/mol. The Morgan fingerprint density at radius 3 is 2.82 bits per heavy atom. The number of aliphatic hydroxyl groups excluding tert-OH is 1. The number of pyridine rings is 1. The number of carbonyl (C=O) groups excluding carboxylic acids is 1. The molecule has 2 atom stereocenters.